The number of nitrogens with one attached hydrogen (secondary N) is 3. The van der Waals surface area contributed by atoms with E-state index in [2.05, 4.69) is 21.2 Å². The summed E-state index contributed by atoms with van der Waals surface area (Å²) in [5.74, 6) is -2.40. The number of amides is 3. The lowest BCUT2D eigenvalue weighted by molar-refractivity contribution is -0.136. The third-order valence-electron chi connectivity index (χ3n) is 4.29. The molecule has 9 heteroatoms. The number of anilines is 2. The van der Waals surface area contributed by atoms with Gasteiger partial charge in [-0.1, -0.05) is 29.8 Å². The second kappa shape index (κ2) is 11.2. The summed E-state index contributed by atoms with van der Waals surface area (Å²) in [7, 11) is 0. The Kier molecular flexibility index (Phi) is 7.85. The molecule has 0 radical (unpaired) electrons. The predicted molar refractivity (Wildman–Crippen MR) is 123 cm³/mol. The monoisotopic (exact) mass is 448 g/mol. The summed E-state index contributed by atoms with van der Waals surface area (Å²) in [6.07, 6.45) is 1.29. The summed E-state index contributed by atoms with van der Waals surface area (Å²) in [5, 5.41) is 8.81. The molecule has 3 N–H and O–H groups in total. The van der Waals surface area contributed by atoms with Gasteiger partial charge >= 0.3 is 11.8 Å². The van der Waals surface area contributed by atoms with Crippen LogP contribution >= 0.6 is 0 Å². The van der Waals surface area contributed by atoms with Crippen molar-refractivity contribution in [1.29, 1.82) is 0 Å². The predicted octanol–water partition coefficient (Wildman–Crippen LogP) is 3.24. The van der Waals surface area contributed by atoms with E-state index in [0.29, 0.717) is 17.0 Å². The van der Waals surface area contributed by atoms with E-state index in [-0.39, 0.29) is 18.2 Å². The Balaban J connectivity index is 1.52. The Morgan fingerprint density at radius 1 is 0.879 bits per heavy atom. The molecule has 3 amide bonds. The number of carbonyl (C=O) groups is 3. The van der Waals surface area contributed by atoms with Crippen molar-refractivity contribution in [3.63, 3.8) is 0 Å². The highest BCUT2D eigenvalue weighted by atomic mass is 19.1. The van der Waals surface area contributed by atoms with Crippen molar-refractivity contribution in [2.24, 2.45) is 5.10 Å². The first-order valence-corrected chi connectivity index (χ1v) is 9.89. The second-order valence-corrected chi connectivity index (χ2v) is 6.90. The Morgan fingerprint density at radius 3 is 2.24 bits per heavy atom. The molecule has 0 atom stereocenters. The van der Waals surface area contributed by atoms with Crippen LogP contribution in [0.3, 0.4) is 0 Å². The SMILES string of the molecule is Cc1ccc(NC(=O)COc2ccccc2/C=N\NC(=O)C(=O)Nc2ccc(F)cc2)cc1. The molecule has 0 aliphatic carbocycles. The van der Waals surface area contributed by atoms with Crippen LogP contribution in [0.4, 0.5) is 15.8 Å². The normalized spacial score (nSPS) is 10.5. The van der Waals surface area contributed by atoms with Gasteiger partial charge in [-0.3, -0.25) is 14.4 Å². The molecule has 3 aromatic rings. The van der Waals surface area contributed by atoms with Crippen LogP contribution < -0.4 is 20.8 Å². The number of aryl methyl sites for hydroxylation is 1. The molecule has 0 aromatic heterocycles. The topological polar surface area (TPSA) is 109 Å². The molecule has 8 nitrogen and oxygen atoms in total. The smallest absolute Gasteiger partial charge is 0.329 e. The number of rotatable bonds is 7. The molecule has 3 rings (SSSR count). The number of para-hydroxylation sites is 1. The largest absolute Gasteiger partial charge is 0.483 e. The molecule has 0 spiro atoms. The van der Waals surface area contributed by atoms with Crippen molar-refractivity contribution in [1.82, 2.24) is 5.43 Å². The highest BCUT2D eigenvalue weighted by Crippen LogP contribution is 2.16. The number of halogens is 1. The van der Waals surface area contributed by atoms with E-state index >= 15 is 0 Å². The van der Waals surface area contributed by atoms with Crippen molar-refractivity contribution in [2.45, 2.75) is 6.92 Å². The number of hydrogen-bond acceptors (Lipinski definition) is 5. The van der Waals surface area contributed by atoms with E-state index in [1.807, 2.05) is 19.1 Å². The summed E-state index contributed by atoms with van der Waals surface area (Å²) in [5.41, 5.74) is 4.59. The van der Waals surface area contributed by atoms with E-state index in [1.54, 1.807) is 36.4 Å². The molecule has 0 aliphatic heterocycles. The molecule has 0 bridgehead atoms. The summed E-state index contributed by atoms with van der Waals surface area (Å²) in [6, 6.07) is 19.1. The molecule has 0 aliphatic rings. The van der Waals surface area contributed by atoms with Gasteiger partial charge in [0.1, 0.15) is 11.6 Å². The van der Waals surface area contributed by atoms with Gasteiger partial charge in [0, 0.05) is 16.9 Å². The van der Waals surface area contributed by atoms with Gasteiger partial charge < -0.3 is 15.4 Å². The number of hydrazone groups is 1. The first kappa shape index (κ1) is 23.1. The summed E-state index contributed by atoms with van der Waals surface area (Å²) in [4.78, 5) is 35.9. The van der Waals surface area contributed by atoms with Gasteiger partial charge in [0.05, 0.1) is 6.21 Å². The van der Waals surface area contributed by atoms with Gasteiger partial charge in [-0.25, -0.2) is 9.82 Å². The number of hydrogen-bond donors (Lipinski definition) is 3. The average molecular weight is 448 g/mol. The lowest BCUT2D eigenvalue weighted by Crippen LogP contribution is -2.32. The van der Waals surface area contributed by atoms with Crippen molar-refractivity contribution in [3.8, 4) is 5.75 Å². The van der Waals surface area contributed by atoms with E-state index in [9.17, 15) is 18.8 Å². The fraction of sp³-hybridized carbons (Fsp3) is 0.0833. The molecule has 0 unspecified atom stereocenters. The first-order valence-electron chi connectivity index (χ1n) is 9.89. The summed E-state index contributed by atoms with van der Waals surface area (Å²) < 4.78 is 18.5. The minimum Gasteiger partial charge on any atom is -0.483 e. The molecule has 3 aromatic carbocycles. The lowest BCUT2D eigenvalue weighted by atomic mass is 10.2. The van der Waals surface area contributed by atoms with Gasteiger partial charge in [-0.05, 0) is 55.5 Å². The van der Waals surface area contributed by atoms with Gasteiger partial charge in [-0.15, -0.1) is 0 Å². The van der Waals surface area contributed by atoms with Gasteiger partial charge in [0.15, 0.2) is 6.61 Å². The van der Waals surface area contributed by atoms with Crippen molar-refractivity contribution >= 4 is 35.3 Å². The lowest BCUT2D eigenvalue weighted by Gasteiger charge is -2.10. The molecular weight excluding hydrogens is 427 g/mol. The molecule has 0 saturated heterocycles. The Labute approximate surface area is 189 Å². The minimum atomic E-state index is -1.01. The highest BCUT2D eigenvalue weighted by Gasteiger charge is 2.13. The number of nitrogens with zero attached hydrogens (tertiary/aromatic N) is 1. The molecule has 168 valence electrons. The van der Waals surface area contributed by atoms with E-state index in [0.717, 1.165) is 17.7 Å². The Hall–Kier alpha value is -4.53. The zero-order chi connectivity index (χ0) is 23.6. The van der Waals surface area contributed by atoms with Gasteiger partial charge in [-0.2, -0.15) is 5.10 Å². The maximum absolute atomic E-state index is 12.9. The first-order chi connectivity index (χ1) is 15.9. The quantitative estimate of drug-likeness (QED) is 0.293. The Morgan fingerprint density at radius 2 is 1.52 bits per heavy atom. The van der Waals surface area contributed by atoms with E-state index in [4.69, 9.17) is 4.74 Å². The third kappa shape index (κ3) is 7.28. The van der Waals surface area contributed by atoms with Crippen LogP contribution in [0.1, 0.15) is 11.1 Å². The fourth-order valence-corrected chi connectivity index (χ4v) is 2.63. The number of ether oxygens (including phenoxy) is 1. The second-order valence-electron chi connectivity index (χ2n) is 6.90. The van der Waals surface area contributed by atoms with Crippen LogP contribution in [0.25, 0.3) is 0 Å². The van der Waals surface area contributed by atoms with Crippen LogP contribution in [0, 0.1) is 12.7 Å². The zero-order valence-corrected chi connectivity index (χ0v) is 17.7. The molecular formula is C24H21FN4O4. The van der Waals surface area contributed by atoms with Crippen LogP contribution in [0.5, 0.6) is 5.75 Å². The number of carbonyl (C=O) groups excluding carboxylic acids is 3. The van der Waals surface area contributed by atoms with E-state index < -0.39 is 17.6 Å². The van der Waals surface area contributed by atoms with Gasteiger partial charge in [0.2, 0.25) is 0 Å². The molecule has 0 saturated carbocycles. The van der Waals surface area contributed by atoms with Crippen molar-refractivity contribution in [3.05, 3.63) is 89.7 Å². The number of benzene rings is 3. The highest BCUT2D eigenvalue weighted by molar-refractivity contribution is 6.39. The third-order valence-corrected chi connectivity index (χ3v) is 4.29. The average Bonchev–Trinajstić information content (AvgIpc) is 2.81. The zero-order valence-electron chi connectivity index (χ0n) is 17.7. The summed E-state index contributed by atoms with van der Waals surface area (Å²) in [6.45, 7) is 1.72. The summed E-state index contributed by atoms with van der Waals surface area (Å²) >= 11 is 0. The maximum atomic E-state index is 12.9. The van der Waals surface area contributed by atoms with E-state index in [1.165, 1.54) is 18.3 Å². The van der Waals surface area contributed by atoms with Gasteiger partial charge in [0.25, 0.3) is 5.91 Å². The van der Waals surface area contributed by atoms with Crippen LogP contribution in [-0.4, -0.2) is 30.5 Å². The minimum absolute atomic E-state index is 0.231. The maximum Gasteiger partial charge on any atom is 0.329 e. The fourth-order valence-electron chi connectivity index (χ4n) is 2.63. The molecule has 33 heavy (non-hydrogen) atoms. The Bertz CT molecular complexity index is 1160. The van der Waals surface area contributed by atoms with Crippen LogP contribution in [0.2, 0.25) is 0 Å². The van der Waals surface area contributed by atoms with Crippen molar-refractivity contribution in [2.75, 3.05) is 17.2 Å². The standard InChI is InChI=1S/C24H21FN4O4/c1-16-6-10-19(11-7-16)27-22(30)15-33-21-5-3-2-4-17(21)14-26-29-24(32)23(31)28-20-12-8-18(25)9-13-20/h2-14H,15H2,1H3,(H,27,30)(H,28,31)(H,29,32)/b26-14-. The molecule has 0 heterocycles. The van der Waals surface area contributed by atoms with Crippen LogP contribution in [0.15, 0.2) is 77.9 Å². The molecule has 0 fully saturated rings. The van der Waals surface area contributed by atoms with Crippen LogP contribution in [-0.2, 0) is 14.4 Å². The van der Waals surface area contributed by atoms with Crippen molar-refractivity contribution < 1.29 is 23.5 Å².